The largest absolute Gasteiger partial charge is 0.464 e. The van der Waals surface area contributed by atoms with E-state index in [4.69, 9.17) is 9.47 Å². The van der Waals surface area contributed by atoms with Crippen molar-refractivity contribution in [1.82, 2.24) is 9.55 Å². The van der Waals surface area contributed by atoms with E-state index >= 15 is 0 Å². The van der Waals surface area contributed by atoms with Gasteiger partial charge in [0.25, 0.3) is 0 Å². The summed E-state index contributed by atoms with van der Waals surface area (Å²) in [5.41, 5.74) is 1.16. The number of ether oxygens (including phenoxy) is 2. The van der Waals surface area contributed by atoms with E-state index in [1.54, 1.807) is 16.8 Å². The second kappa shape index (κ2) is 6.93. The molecule has 0 aliphatic carbocycles. The fourth-order valence-corrected chi connectivity index (χ4v) is 3.22. The van der Waals surface area contributed by atoms with Crippen LogP contribution >= 0.6 is 15.9 Å². The monoisotopic (exact) mass is 384 g/mol. The first-order chi connectivity index (χ1) is 10.3. The number of fused-ring (bicyclic) bond motifs is 1. The molecule has 2 rings (SSSR count). The van der Waals surface area contributed by atoms with Crippen LogP contribution in [-0.2, 0) is 16.2 Å². The normalized spacial score (nSPS) is 11.9. The van der Waals surface area contributed by atoms with Crippen molar-refractivity contribution in [1.29, 1.82) is 0 Å². The number of halogens is 1. The lowest BCUT2D eigenvalue weighted by Crippen LogP contribution is -2.22. The van der Waals surface area contributed by atoms with Crippen LogP contribution in [0.5, 0.6) is 0 Å². The molecule has 2 aromatic heterocycles. The van der Waals surface area contributed by atoms with Gasteiger partial charge in [0.05, 0.1) is 7.11 Å². The van der Waals surface area contributed by atoms with Gasteiger partial charge in [0.1, 0.15) is 18.1 Å². The molecule has 0 unspecified atom stereocenters. The number of rotatable bonds is 6. The number of carbonyl (C=O) groups is 1. The summed E-state index contributed by atoms with van der Waals surface area (Å²) in [6.07, 6.45) is 1.70. The van der Waals surface area contributed by atoms with Crippen LogP contribution in [0, 0.1) is 0 Å². The average molecular weight is 385 g/mol. The third-order valence-electron chi connectivity index (χ3n) is 3.35. The van der Waals surface area contributed by atoms with E-state index in [2.05, 4.69) is 40.6 Å². The van der Waals surface area contributed by atoms with Crippen LogP contribution in [0.1, 0.15) is 10.5 Å². The molecule has 7 heteroatoms. The van der Waals surface area contributed by atoms with E-state index in [1.807, 2.05) is 6.07 Å². The molecule has 120 valence electrons. The van der Waals surface area contributed by atoms with E-state index in [1.165, 1.54) is 7.11 Å². The molecule has 2 heterocycles. The van der Waals surface area contributed by atoms with Gasteiger partial charge in [0, 0.05) is 30.7 Å². The molecule has 0 radical (unpaired) electrons. The van der Waals surface area contributed by atoms with Crippen molar-refractivity contribution in [3.63, 3.8) is 0 Å². The SMILES string of the molecule is COC(=O)c1cc2c(Br)ccnc2n1COCC[Si](C)(C)C. The van der Waals surface area contributed by atoms with Crippen LogP contribution in [-0.4, -0.2) is 37.3 Å². The molecule has 0 fully saturated rings. The van der Waals surface area contributed by atoms with Gasteiger partial charge in [-0.15, -0.1) is 0 Å². The zero-order valence-electron chi connectivity index (χ0n) is 13.4. The molecule has 0 aliphatic rings. The lowest BCUT2D eigenvalue weighted by Gasteiger charge is -2.16. The second-order valence-electron chi connectivity index (χ2n) is 6.33. The molecule has 0 N–H and O–H groups in total. The van der Waals surface area contributed by atoms with Gasteiger partial charge >= 0.3 is 5.97 Å². The number of pyridine rings is 1. The molecule has 0 saturated carbocycles. The zero-order valence-corrected chi connectivity index (χ0v) is 15.9. The number of methoxy groups -OCH3 is 1. The minimum atomic E-state index is -1.13. The average Bonchev–Trinajstić information content (AvgIpc) is 2.82. The van der Waals surface area contributed by atoms with Gasteiger partial charge in [-0.2, -0.15) is 0 Å². The predicted molar refractivity (Wildman–Crippen MR) is 92.9 cm³/mol. The van der Waals surface area contributed by atoms with Crippen molar-refractivity contribution in [2.24, 2.45) is 0 Å². The standard InChI is InChI=1S/C15H21BrN2O3Si/c1-20-15(19)13-9-11-12(16)5-6-17-14(11)18(13)10-21-7-8-22(2,3)4/h5-6,9H,7-8,10H2,1-4H3. The molecule has 0 aromatic carbocycles. The summed E-state index contributed by atoms with van der Waals surface area (Å²) in [7, 11) is 0.241. The lowest BCUT2D eigenvalue weighted by molar-refractivity contribution is 0.0545. The Morgan fingerprint density at radius 1 is 1.41 bits per heavy atom. The van der Waals surface area contributed by atoms with Crippen molar-refractivity contribution in [2.45, 2.75) is 32.4 Å². The summed E-state index contributed by atoms with van der Waals surface area (Å²) >= 11 is 3.48. The highest BCUT2D eigenvalue weighted by atomic mass is 79.9. The molecule has 0 spiro atoms. The number of hydrogen-bond acceptors (Lipinski definition) is 4. The molecule has 22 heavy (non-hydrogen) atoms. The highest BCUT2D eigenvalue weighted by Crippen LogP contribution is 2.26. The topological polar surface area (TPSA) is 53.3 Å². The Labute approximate surface area is 139 Å². The maximum absolute atomic E-state index is 12.0. The number of esters is 1. The van der Waals surface area contributed by atoms with Crippen LogP contribution in [0.25, 0.3) is 11.0 Å². The zero-order chi connectivity index (χ0) is 16.3. The van der Waals surface area contributed by atoms with Gasteiger partial charge in [-0.3, -0.25) is 4.57 Å². The summed E-state index contributed by atoms with van der Waals surface area (Å²) in [5.74, 6) is -0.390. The Kier molecular flexibility index (Phi) is 5.41. The van der Waals surface area contributed by atoms with Gasteiger partial charge in [-0.1, -0.05) is 19.6 Å². The van der Waals surface area contributed by atoms with Gasteiger partial charge in [0.2, 0.25) is 0 Å². The molecule has 0 saturated heterocycles. The first kappa shape index (κ1) is 17.2. The molecular weight excluding hydrogens is 364 g/mol. The smallest absolute Gasteiger partial charge is 0.354 e. The van der Waals surface area contributed by atoms with Crippen LogP contribution in [0.3, 0.4) is 0 Å². The highest BCUT2D eigenvalue weighted by molar-refractivity contribution is 9.10. The van der Waals surface area contributed by atoms with Crippen LogP contribution in [0.2, 0.25) is 25.7 Å². The van der Waals surface area contributed by atoms with E-state index in [0.29, 0.717) is 24.7 Å². The number of nitrogens with zero attached hydrogens (tertiary/aromatic N) is 2. The fourth-order valence-electron chi connectivity index (χ4n) is 2.06. The van der Waals surface area contributed by atoms with E-state index < -0.39 is 14.0 Å². The Bertz CT molecular complexity index is 679. The van der Waals surface area contributed by atoms with E-state index in [9.17, 15) is 4.79 Å². The Morgan fingerprint density at radius 2 is 2.14 bits per heavy atom. The molecule has 0 bridgehead atoms. The molecule has 5 nitrogen and oxygen atoms in total. The minimum absolute atomic E-state index is 0.294. The fraction of sp³-hybridized carbons (Fsp3) is 0.467. The van der Waals surface area contributed by atoms with Crippen molar-refractivity contribution >= 4 is 41.0 Å². The quantitative estimate of drug-likeness (QED) is 0.430. The van der Waals surface area contributed by atoms with Crippen molar-refractivity contribution in [3.8, 4) is 0 Å². The third-order valence-corrected chi connectivity index (χ3v) is 5.75. The Balaban J connectivity index is 2.26. The van der Waals surface area contributed by atoms with Crippen molar-refractivity contribution in [3.05, 3.63) is 28.5 Å². The van der Waals surface area contributed by atoms with Crippen LogP contribution in [0.4, 0.5) is 0 Å². The maximum Gasteiger partial charge on any atom is 0.354 e. The Hall–Kier alpha value is -1.18. The second-order valence-corrected chi connectivity index (χ2v) is 12.8. The summed E-state index contributed by atoms with van der Waals surface area (Å²) in [4.78, 5) is 16.3. The number of aromatic nitrogens is 2. The highest BCUT2D eigenvalue weighted by Gasteiger charge is 2.19. The minimum Gasteiger partial charge on any atom is -0.464 e. The number of carbonyl (C=O) groups excluding carboxylic acids is 1. The predicted octanol–water partition coefficient (Wildman–Crippen LogP) is 3.90. The van der Waals surface area contributed by atoms with Crippen molar-refractivity contribution < 1.29 is 14.3 Å². The molecular formula is C15H21BrN2O3Si. The first-order valence-electron chi connectivity index (χ1n) is 7.13. The lowest BCUT2D eigenvalue weighted by atomic mass is 10.3. The van der Waals surface area contributed by atoms with Gasteiger partial charge in [0.15, 0.2) is 0 Å². The molecule has 0 aliphatic heterocycles. The first-order valence-corrected chi connectivity index (χ1v) is 11.6. The summed E-state index contributed by atoms with van der Waals surface area (Å²) < 4.78 is 13.3. The van der Waals surface area contributed by atoms with Crippen LogP contribution in [0.15, 0.2) is 22.8 Å². The van der Waals surface area contributed by atoms with Crippen molar-refractivity contribution in [2.75, 3.05) is 13.7 Å². The van der Waals surface area contributed by atoms with Crippen LogP contribution < -0.4 is 0 Å². The maximum atomic E-state index is 12.0. The summed E-state index contributed by atoms with van der Waals surface area (Å²) in [5, 5.41) is 0.872. The van der Waals surface area contributed by atoms with E-state index in [-0.39, 0.29) is 0 Å². The molecule has 2 aromatic rings. The van der Waals surface area contributed by atoms with E-state index in [0.717, 1.165) is 15.9 Å². The molecule has 0 atom stereocenters. The van der Waals surface area contributed by atoms with Gasteiger partial charge in [-0.25, -0.2) is 9.78 Å². The molecule has 0 amide bonds. The number of hydrogen-bond donors (Lipinski definition) is 0. The van der Waals surface area contributed by atoms with Gasteiger partial charge in [-0.05, 0) is 34.1 Å². The van der Waals surface area contributed by atoms with Gasteiger partial charge < -0.3 is 9.47 Å². The summed E-state index contributed by atoms with van der Waals surface area (Å²) in [6, 6.07) is 4.71. The Morgan fingerprint density at radius 3 is 2.77 bits per heavy atom. The summed E-state index contributed by atoms with van der Waals surface area (Å²) in [6.45, 7) is 7.89. The third kappa shape index (κ3) is 3.96.